The average Bonchev–Trinajstić information content (AvgIpc) is 3.25. The molecule has 0 saturated heterocycles. The molecule has 0 bridgehead atoms. The third-order valence-corrected chi connectivity index (χ3v) is 6.15. The van der Waals surface area contributed by atoms with Gasteiger partial charge in [0, 0.05) is 15.9 Å². The molecule has 1 heterocycles. The SMILES string of the molecule is O=C(COc1ccccc1)NCc1nnc(SCc2ccc(Br)cc2)n1-c1ccc(F)cc1. The number of para-hydroxylation sites is 1. The number of ether oxygens (including phenoxy) is 1. The smallest absolute Gasteiger partial charge is 0.258 e. The first-order valence-corrected chi connectivity index (χ1v) is 11.9. The summed E-state index contributed by atoms with van der Waals surface area (Å²) in [5.74, 6) is 1.23. The summed E-state index contributed by atoms with van der Waals surface area (Å²) in [5, 5.41) is 12.0. The zero-order chi connectivity index (χ0) is 23.0. The number of hydrogen-bond acceptors (Lipinski definition) is 5. The van der Waals surface area contributed by atoms with E-state index in [-0.39, 0.29) is 24.9 Å². The number of halogens is 2. The summed E-state index contributed by atoms with van der Waals surface area (Å²) in [6.45, 7) is 0.0417. The van der Waals surface area contributed by atoms with Crippen LogP contribution in [0.4, 0.5) is 4.39 Å². The van der Waals surface area contributed by atoms with Crippen LogP contribution in [0.2, 0.25) is 0 Å². The number of hydrogen-bond donors (Lipinski definition) is 1. The van der Waals surface area contributed by atoms with Crippen molar-refractivity contribution in [3.63, 3.8) is 0 Å². The minimum atomic E-state index is -0.330. The summed E-state index contributed by atoms with van der Waals surface area (Å²) in [7, 11) is 0. The minimum absolute atomic E-state index is 0.111. The zero-order valence-corrected chi connectivity index (χ0v) is 19.9. The molecule has 0 fully saturated rings. The Hall–Kier alpha value is -3.17. The van der Waals surface area contributed by atoms with Crippen molar-refractivity contribution < 1.29 is 13.9 Å². The lowest BCUT2D eigenvalue weighted by Crippen LogP contribution is -2.29. The van der Waals surface area contributed by atoms with Crippen molar-refractivity contribution in [3.05, 3.63) is 101 Å². The van der Waals surface area contributed by atoms with E-state index < -0.39 is 0 Å². The normalized spacial score (nSPS) is 10.7. The Balaban J connectivity index is 1.46. The van der Waals surface area contributed by atoms with Crippen molar-refractivity contribution in [3.8, 4) is 11.4 Å². The van der Waals surface area contributed by atoms with Gasteiger partial charge in [0.05, 0.1) is 6.54 Å². The second-order valence-corrected chi connectivity index (χ2v) is 8.86. The van der Waals surface area contributed by atoms with Crippen LogP contribution in [0.1, 0.15) is 11.4 Å². The second-order valence-electron chi connectivity index (χ2n) is 7.00. The van der Waals surface area contributed by atoms with Crippen LogP contribution >= 0.6 is 27.7 Å². The van der Waals surface area contributed by atoms with E-state index in [0.29, 0.717) is 28.2 Å². The molecule has 1 N–H and O–H groups in total. The number of rotatable bonds is 9. The van der Waals surface area contributed by atoms with E-state index in [9.17, 15) is 9.18 Å². The number of carbonyl (C=O) groups is 1. The minimum Gasteiger partial charge on any atom is -0.484 e. The number of nitrogens with one attached hydrogen (secondary N) is 1. The Bertz CT molecular complexity index is 1200. The molecule has 3 aromatic carbocycles. The molecule has 4 aromatic rings. The number of nitrogens with zero attached hydrogens (tertiary/aromatic N) is 3. The molecule has 0 saturated carbocycles. The van der Waals surface area contributed by atoms with Gasteiger partial charge in [0.2, 0.25) is 0 Å². The van der Waals surface area contributed by atoms with Crippen molar-refractivity contribution in [1.82, 2.24) is 20.1 Å². The summed E-state index contributed by atoms with van der Waals surface area (Å²) in [6, 6.07) is 23.2. The van der Waals surface area contributed by atoms with Gasteiger partial charge in [0.25, 0.3) is 5.91 Å². The van der Waals surface area contributed by atoms with E-state index in [4.69, 9.17) is 4.74 Å². The monoisotopic (exact) mass is 526 g/mol. The highest BCUT2D eigenvalue weighted by atomic mass is 79.9. The molecule has 0 unspecified atom stereocenters. The van der Waals surface area contributed by atoms with Gasteiger partial charge in [-0.05, 0) is 54.1 Å². The van der Waals surface area contributed by atoms with Gasteiger partial charge < -0.3 is 10.1 Å². The van der Waals surface area contributed by atoms with Crippen LogP contribution in [0.25, 0.3) is 5.69 Å². The fourth-order valence-corrected chi connectivity index (χ4v) is 4.17. The van der Waals surface area contributed by atoms with Crippen molar-refractivity contribution in [1.29, 1.82) is 0 Å². The van der Waals surface area contributed by atoms with Gasteiger partial charge >= 0.3 is 0 Å². The van der Waals surface area contributed by atoms with Crippen molar-refractivity contribution in [2.24, 2.45) is 0 Å². The maximum absolute atomic E-state index is 13.5. The lowest BCUT2D eigenvalue weighted by molar-refractivity contribution is -0.123. The van der Waals surface area contributed by atoms with E-state index in [1.54, 1.807) is 24.3 Å². The number of carbonyl (C=O) groups excluding carboxylic acids is 1. The largest absolute Gasteiger partial charge is 0.484 e. The summed E-state index contributed by atoms with van der Waals surface area (Å²) in [4.78, 5) is 12.3. The molecule has 0 aliphatic carbocycles. The van der Waals surface area contributed by atoms with Crippen LogP contribution < -0.4 is 10.1 Å². The lowest BCUT2D eigenvalue weighted by atomic mass is 10.2. The highest BCUT2D eigenvalue weighted by Gasteiger charge is 2.16. The van der Waals surface area contributed by atoms with Crippen LogP contribution in [0.5, 0.6) is 5.75 Å². The first-order chi connectivity index (χ1) is 16.1. The van der Waals surface area contributed by atoms with Crippen LogP contribution in [0.15, 0.2) is 88.5 Å². The van der Waals surface area contributed by atoms with Gasteiger partial charge in [-0.1, -0.05) is 58.0 Å². The molecule has 1 aromatic heterocycles. The molecule has 0 aliphatic heterocycles. The zero-order valence-electron chi connectivity index (χ0n) is 17.4. The highest BCUT2D eigenvalue weighted by Crippen LogP contribution is 2.26. The van der Waals surface area contributed by atoms with Crippen molar-refractivity contribution >= 4 is 33.6 Å². The topological polar surface area (TPSA) is 69.0 Å². The van der Waals surface area contributed by atoms with Crippen molar-refractivity contribution in [2.45, 2.75) is 17.5 Å². The molecular weight excluding hydrogens is 507 g/mol. The molecule has 0 atom stereocenters. The molecule has 9 heteroatoms. The van der Waals surface area contributed by atoms with E-state index in [0.717, 1.165) is 10.0 Å². The van der Waals surface area contributed by atoms with Gasteiger partial charge in [0.1, 0.15) is 11.6 Å². The molecule has 33 heavy (non-hydrogen) atoms. The molecular formula is C24H20BrFN4O2S. The van der Waals surface area contributed by atoms with E-state index in [2.05, 4.69) is 31.4 Å². The van der Waals surface area contributed by atoms with Crippen LogP contribution in [-0.4, -0.2) is 27.3 Å². The predicted molar refractivity (Wildman–Crippen MR) is 129 cm³/mol. The third-order valence-electron chi connectivity index (χ3n) is 4.62. The Morgan fingerprint density at radius 1 is 1.00 bits per heavy atom. The standard InChI is InChI=1S/C24H20BrFN4O2S/c25-18-8-6-17(7-9-18)16-33-24-29-28-22(30(24)20-12-10-19(26)11-13-20)14-27-23(31)15-32-21-4-2-1-3-5-21/h1-13H,14-16H2,(H,27,31). The Kier molecular flexibility index (Phi) is 7.74. The third kappa shape index (κ3) is 6.43. The van der Waals surface area contributed by atoms with Gasteiger partial charge in [-0.3, -0.25) is 9.36 Å². The second kappa shape index (κ2) is 11.1. The molecule has 0 radical (unpaired) electrons. The number of aromatic nitrogens is 3. The molecule has 6 nitrogen and oxygen atoms in total. The average molecular weight is 527 g/mol. The van der Waals surface area contributed by atoms with Gasteiger partial charge in [-0.2, -0.15) is 0 Å². The Morgan fingerprint density at radius 2 is 1.73 bits per heavy atom. The number of benzene rings is 3. The number of thioether (sulfide) groups is 1. The molecule has 0 spiro atoms. The predicted octanol–water partition coefficient (Wildman–Crippen LogP) is 5.16. The first kappa shape index (κ1) is 23.0. The maximum Gasteiger partial charge on any atom is 0.258 e. The van der Waals surface area contributed by atoms with Gasteiger partial charge in [0.15, 0.2) is 17.6 Å². The highest BCUT2D eigenvalue weighted by molar-refractivity contribution is 9.10. The summed E-state index contributed by atoms with van der Waals surface area (Å²) in [6.07, 6.45) is 0. The van der Waals surface area contributed by atoms with Crippen LogP contribution in [0.3, 0.4) is 0 Å². The summed E-state index contributed by atoms with van der Waals surface area (Å²) in [5.41, 5.74) is 1.84. The van der Waals surface area contributed by atoms with Crippen LogP contribution in [-0.2, 0) is 17.1 Å². The molecule has 0 aliphatic rings. The molecule has 168 valence electrons. The fourth-order valence-electron chi connectivity index (χ4n) is 2.98. The van der Waals surface area contributed by atoms with Gasteiger partial charge in [-0.15, -0.1) is 10.2 Å². The Labute approximate surface area is 203 Å². The van der Waals surface area contributed by atoms with Crippen LogP contribution in [0, 0.1) is 5.82 Å². The number of amides is 1. The van der Waals surface area contributed by atoms with E-state index in [1.165, 1.54) is 23.9 Å². The quantitative estimate of drug-likeness (QED) is 0.305. The molecule has 1 amide bonds. The lowest BCUT2D eigenvalue weighted by Gasteiger charge is -2.11. The van der Waals surface area contributed by atoms with E-state index in [1.807, 2.05) is 47.0 Å². The summed E-state index contributed by atoms with van der Waals surface area (Å²) < 4.78 is 21.8. The van der Waals surface area contributed by atoms with Crippen molar-refractivity contribution in [2.75, 3.05) is 6.61 Å². The fraction of sp³-hybridized carbons (Fsp3) is 0.125. The Morgan fingerprint density at radius 3 is 2.45 bits per heavy atom. The van der Waals surface area contributed by atoms with E-state index >= 15 is 0 Å². The maximum atomic E-state index is 13.5. The first-order valence-electron chi connectivity index (χ1n) is 10.1. The summed E-state index contributed by atoms with van der Waals surface area (Å²) >= 11 is 4.95. The van der Waals surface area contributed by atoms with Gasteiger partial charge in [-0.25, -0.2) is 4.39 Å². The molecule has 4 rings (SSSR count).